The Hall–Kier alpha value is -5.44. The molecule has 254 valence electrons. The van der Waals surface area contributed by atoms with Gasteiger partial charge in [0, 0.05) is 28.8 Å². The fourth-order valence-electron chi connectivity index (χ4n) is 9.56. The quantitative estimate of drug-likeness (QED) is 0.172. The predicted octanol–water partition coefficient (Wildman–Crippen LogP) is 13.4. The van der Waals surface area contributed by atoms with Crippen LogP contribution in [-0.2, 0) is 6.42 Å². The SMILES string of the molecule is c1ccc2c(c1)CCCC2NC1CCC(c2cc3c4ccccc4c(-c4ccc(Nc5cccc6ccccc56)cc4)cc3c3ccccc23)CC1. The summed E-state index contributed by atoms with van der Waals surface area (Å²) < 4.78 is 0. The summed E-state index contributed by atoms with van der Waals surface area (Å²) in [5, 5.41) is 18.4. The summed E-state index contributed by atoms with van der Waals surface area (Å²) in [7, 11) is 0. The highest BCUT2D eigenvalue weighted by molar-refractivity contribution is 6.21. The lowest BCUT2D eigenvalue weighted by atomic mass is 9.78. The number of hydrogen-bond donors (Lipinski definition) is 2. The molecular weight excluding hydrogens is 629 g/mol. The second-order valence-corrected chi connectivity index (χ2v) is 15.2. The molecule has 8 aromatic carbocycles. The number of anilines is 2. The summed E-state index contributed by atoms with van der Waals surface area (Å²) in [6.45, 7) is 0. The van der Waals surface area contributed by atoms with E-state index in [1.807, 2.05) is 0 Å². The molecule has 0 aliphatic heterocycles. The third-order valence-corrected chi connectivity index (χ3v) is 12.2. The Bertz CT molecular complexity index is 2570. The Balaban J connectivity index is 0.973. The molecule has 8 aromatic rings. The molecule has 0 amide bonds. The van der Waals surface area contributed by atoms with Crippen molar-refractivity contribution in [2.24, 2.45) is 0 Å². The molecule has 2 aliphatic rings. The third kappa shape index (κ3) is 5.63. The van der Waals surface area contributed by atoms with Crippen molar-refractivity contribution in [1.82, 2.24) is 5.32 Å². The lowest BCUT2D eigenvalue weighted by Crippen LogP contribution is -2.37. The maximum Gasteiger partial charge on any atom is 0.0463 e. The van der Waals surface area contributed by atoms with E-state index in [0.29, 0.717) is 18.0 Å². The van der Waals surface area contributed by atoms with E-state index in [-0.39, 0.29) is 0 Å². The molecule has 0 saturated heterocycles. The van der Waals surface area contributed by atoms with Crippen LogP contribution in [0, 0.1) is 0 Å². The molecule has 1 atom stereocenters. The average Bonchev–Trinajstić information content (AvgIpc) is 3.21. The zero-order valence-electron chi connectivity index (χ0n) is 29.6. The molecular formula is C50H44N2. The predicted molar refractivity (Wildman–Crippen MR) is 222 cm³/mol. The van der Waals surface area contributed by atoms with Gasteiger partial charge in [-0.25, -0.2) is 0 Å². The zero-order valence-corrected chi connectivity index (χ0v) is 29.6. The van der Waals surface area contributed by atoms with Gasteiger partial charge in [0.25, 0.3) is 0 Å². The van der Waals surface area contributed by atoms with Gasteiger partial charge in [0.1, 0.15) is 0 Å². The van der Waals surface area contributed by atoms with Crippen molar-refractivity contribution in [2.45, 2.75) is 62.9 Å². The van der Waals surface area contributed by atoms with Crippen molar-refractivity contribution in [1.29, 1.82) is 0 Å². The maximum atomic E-state index is 4.12. The molecule has 2 N–H and O–H groups in total. The summed E-state index contributed by atoms with van der Waals surface area (Å²) in [5.41, 5.74) is 9.36. The molecule has 0 spiro atoms. The molecule has 2 heteroatoms. The molecule has 0 aromatic heterocycles. The second-order valence-electron chi connectivity index (χ2n) is 15.2. The van der Waals surface area contributed by atoms with E-state index < -0.39 is 0 Å². The molecule has 10 rings (SSSR count). The minimum Gasteiger partial charge on any atom is -0.355 e. The molecule has 0 bridgehead atoms. The molecule has 52 heavy (non-hydrogen) atoms. The molecule has 1 fully saturated rings. The Morgan fingerprint density at radius 3 is 1.94 bits per heavy atom. The van der Waals surface area contributed by atoms with Gasteiger partial charge in [-0.3, -0.25) is 0 Å². The minimum atomic E-state index is 0.505. The van der Waals surface area contributed by atoms with Crippen molar-refractivity contribution in [2.75, 3.05) is 5.32 Å². The van der Waals surface area contributed by atoms with Gasteiger partial charge in [-0.1, -0.05) is 121 Å². The number of benzene rings is 8. The third-order valence-electron chi connectivity index (χ3n) is 12.2. The van der Waals surface area contributed by atoms with E-state index >= 15 is 0 Å². The van der Waals surface area contributed by atoms with Crippen LogP contribution in [0.4, 0.5) is 11.4 Å². The first-order chi connectivity index (χ1) is 25.8. The van der Waals surface area contributed by atoms with Crippen molar-refractivity contribution in [3.05, 3.63) is 168 Å². The summed E-state index contributed by atoms with van der Waals surface area (Å²) in [6.07, 6.45) is 8.71. The van der Waals surface area contributed by atoms with Crippen LogP contribution in [0.2, 0.25) is 0 Å². The summed E-state index contributed by atoms with van der Waals surface area (Å²) in [6, 6.07) is 57.4. The monoisotopic (exact) mass is 672 g/mol. The first-order valence-corrected chi connectivity index (χ1v) is 19.3. The lowest BCUT2D eigenvalue weighted by molar-refractivity contribution is 0.302. The van der Waals surface area contributed by atoms with Gasteiger partial charge >= 0.3 is 0 Å². The summed E-state index contributed by atoms with van der Waals surface area (Å²) >= 11 is 0. The van der Waals surface area contributed by atoms with Crippen LogP contribution in [-0.4, -0.2) is 6.04 Å². The normalized spacial score (nSPS) is 18.9. The van der Waals surface area contributed by atoms with Crippen LogP contribution in [0.1, 0.15) is 67.2 Å². The van der Waals surface area contributed by atoms with Gasteiger partial charge in [0.05, 0.1) is 0 Å². The average molecular weight is 673 g/mol. The topological polar surface area (TPSA) is 24.1 Å². The largest absolute Gasteiger partial charge is 0.355 e. The van der Waals surface area contributed by atoms with Gasteiger partial charge in [0.15, 0.2) is 0 Å². The van der Waals surface area contributed by atoms with Crippen molar-refractivity contribution in [3.63, 3.8) is 0 Å². The first kappa shape index (κ1) is 31.3. The summed E-state index contributed by atoms with van der Waals surface area (Å²) in [5.74, 6) is 0.575. The Labute approximate surface area is 306 Å². The van der Waals surface area contributed by atoms with Gasteiger partial charge in [-0.05, 0) is 147 Å². The van der Waals surface area contributed by atoms with Crippen LogP contribution in [0.3, 0.4) is 0 Å². The number of fused-ring (bicyclic) bond motifs is 7. The summed E-state index contributed by atoms with van der Waals surface area (Å²) in [4.78, 5) is 0. The van der Waals surface area contributed by atoms with E-state index in [2.05, 4.69) is 162 Å². The van der Waals surface area contributed by atoms with E-state index in [0.717, 1.165) is 11.4 Å². The van der Waals surface area contributed by atoms with E-state index in [4.69, 9.17) is 0 Å². The van der Waals surface area contributed by atoms with Gasteiger partial charge in [0.2, 0.25) is 0 Å². The number of rotatable bonds is 6. The number of nitrogens with one attached hydrogen (secondary N) is 2. The van der Waals surface area contributed by atoms with Crippen LogP contribution >= 0.6 is 0 Å². The highest BCUT2D eigenvalue weighted by Crippen LogP contribution is 2.44. The molecule has 1 saturated carbocycles. The lowest BCUT2D eigenvalue weighted by Gasteiger charge is -2.35. The van der Waals surface area contributed by atoms with Crippen LogP contribution < -0.4 is 10.6 Å². The smallest absolute Gasteiger partial charge is 0.0463 e. The number of hydrogen-bond acceptors (Lipinski definition) is 2. The van der Waals surface area contributed by atoms with Crippen molar-refractivity contribution < 1.29 is 0 Å². The van der Waals surface area contributed by atoms with Gasteiger partial charge in [-0.15, -0.1) is 0 Å². The molecule has 1 unspecified atom stereocenters. The molecule has 0 heterocycles. The minimum absolute atomic E-state index is 0.505. The fourth-order valence-corrected chi connectivity index (χ4v) is 9.56. The highest BCUT2D eigenvalue weighted by atomic mass is 15.0. The van der Waals surface area contributed by atoms with Crippen LogP contribution in [0.15, 0.2) is 152 Å². The Kier molecular flexibility index (Phi) is 7.99. The van der Waals surface area contributed by atoms with Crippen LogP contribution in [0.25, 0.3) is 54.2 Å². The molecule has 2 nitrogen and oxygen atoms in total. The van der Waals surface area contributed by atoms with Crippen molar-refractivity contribution >= 4 is 54.5 Å². The van der Waals surface area contributed by atoms with E-state index in [1.54, 1.807) is 5.56 Å². The van der Waals surface area contributed by atoms with Gasteiger partial charge in [-0.2, -0.15) is 0 Å². The fraction of sp³-hybridized carbons (Fsp3) is 0.200. The van der Waals surface area contributed by atoms with Crippen LogP contribution in [0.5, 0.6) is 0 Å². The first-order valence-electron chi connectivity index (χ1n) is 19.3. The van der Waals surface area contributed by atoms with E-state index in [9.17, 15) is 0 Å². The zero-order chi connectivity index (χ0) is 34.4. The highest BCUT2D eigenvalue weighted by Gasteiger charge is 2.28. The Morgan fingerprint density at radius 2 is 1.12 bits per heavy atom. The standard InChI is InChI=1S/C50H44N2/c1-3-15-39-33(11-1)13-9-21-49(39)51-37-27-23-35(24-28-37)45-31-47-44-20-8-6-18-42(44)46(32-48(47)43-19-7-5-17-41(43)45)36-25-29-38(30-26-36)52-50-22-10-14-34-12-2-4-16-40(34)50/h1-9,11-13,15-21,23-24,27-28,31-32,36,38,50-52H,10,14,22,25-26,29-30H2. The van der Waals surface area contributed by atoms with Gasteiger partial charge < -0.3 is 10.6 Å². The van der Waals surface area contributed by atoms with E-state index in [1.165, 1.54) is 110 Å². The van der Waals surface area contributed by atoms with Crippen molar-refractivity contribution in [3.8, 4) is 11.1 Å². The number of aryl methyl sites for hydroxylation is 1. The Morgan fingerprint density at radius 1 is 0.462 bits per heavy atom. The maximum absolute atomic E-state index is 4.12. The second kappa shape index (κ2) is 13.3. The molecule has 2 aliphatic carbocycles. The molecule has 0 radical (unpaired) electrons.